The summed E-state index contributed by atoms with van der Waals surface area (Å²) in [6.45, 7) is 4.88. The first kappa shape index (κ1) is 15.3. The molecule has 6 nitrogen and oxygen atoms in total. The molecule has 19 heavy (non-hydrogen) atoms. The third-order valence-electron chi connectivity index (χ3n) is 2.53. The summed E-state index contributed by atoms with van der Waals surface area (Å²) in [6, 6.07) is 6.73. The van der Waals surface area contributed by atoms with Crippen molar-refractivity contribution in [2.75, 3.05) is 4.72 Å². The predicted molar refractivity (Wildman–Crippen MR) is 75.9 cm³/mol. The van der Waals surface area contributed by atoms with Gasteiger partial charge in [-0.2, -0.15) is 0 Å². The maximum Gasteiger partial charge on any atom is 0.237 e. The number of hydrogen-bond acceptors (Lipinski definition) is 4. The maximum absolute atomic E-state index is 11.9. The summed E-state index contributed by atoms with van der Waals surface area (Å²) in [5, 5.41) is 11.3. The molecule has 0 aliphatic heterocycles. The highest BCUT2D eigenvalue weighted by Gasteiger charge is 2.28. The number of nitrogens with one attached hydrogen (secondary N) is 1. The van der Waals surface area contributed by atoms with Crippen molar-refractivity contribution in [3.8, 4) is 0 Å². The van der Waals surface area contributed by atoms with E-state index in [0.29, 0.717) is 12.1 Å². The number of anilines is 1. The first-order valence-corrected chi connectivity index (χ1v) is 7.22. The Morgan fingerprint density at radius 1 is 1.32 bits per heavy atom. The molecule has 0 bridgehead atoms. The van der Waals surface area contributed by atoms with Crippen LogP contribution in [0, 0.1) is 0 Å². The number of nitrogens with zero attached hydrogens (tertiary/aromatic N) is 1. The van der Waals surface area contributed by atoms with Crippen LogP contribution in [-0.4, -0.2) is 24.2 Å². The minimum absolute atomic E-state index is 0.100. The van der Waals surface area contributed by atoms with Gasteiger partial charge in [-0.25, -0.2) is 8.42 Å². The molecule has 4 N–H and O–H groups in total. The fraction of sp³-hybridized carbons (Fsp3) is 0.417. The van der Waals surface area contributed by atoms with Gasteiger partial charge in [-0.1, -0.05) is 17.3 Å². The average Bonchev–Trinajstić information content (AvgIpc) is 2.29. The molecule has 0 atom stereocenters. The Labute approximate surface area is 113 Å². The Morgan fingerprint density at radius 2 is 1.84 bits per heavy atom. The number of oxime groups is 1. The predicted octanol–water partition coefficient (Wildman–Crippen LogP) is 1.52. The zero-order chi connectivity index (χ0) is 14.7. The van der Waals surface area contributed by atoms with E-state index in [1.54, 1.807) is 45.0 Å². The Balaban J connectivity index is 2.84. The van der Waals surface area contributed by atoms with Gasteiger partial charge in [0.2, 0.25) is 10.0 Å². The molecule has 106 valence electrons. The third kappa shape index (κ3) is 4.13. The van der Waals surface area contributed by atoms with E-state index >= 15 is 0 Å². The smallest absolute Gasteiger partial charge is 0.237 e. The first-order valence-electron chi connectivity index (χ1n) is 5.73. The number of sulfonamides is 1. The van der Waals surface area contributed by atoms with Gasteiger partial charge in [0.15, 0.2) is 0 Å². The van der Waals surface area contributed by atoms with Crippen LogP contribution < -0.4 is 10.5 Å². The number of hydrogen-bond donors (Lipinski definition) is 3. The van der Waals surface area contributed by atoms with Crippen LogP contribution in [-0.2, 0) is 16.4 Å². The van der Waals surface area contributed by atoms with Gasteiger partial charge in [-0.15, -0.1) is 0 Å². The third-order valence-corrected chi connectivity index (χ3v) is 4.64. The van der Waals surface area contributed by atoms with Gasteiger partial charge >= 0.3 is 0 Å². The van der Waals surface area contributed by atoms with Crippen molar-refractivity contribution in [1.29, 1.82) is 0 Å². The Hall–Kier alpha value is -1.76. The first-order chi connectivity index (χ1) is 8.65. The highest BCUT2D eigenvalue weighted by molar-refractivity contribution is 7.94. The molecule has 0 saturated heterocycles. The van der Waals surface area contributed by atoms with E-state index in [1.165, 1.54) is 0 Å². The molecule has 0 radical (unpaired) electrons. The molecule has 1 aromatic rings. The van der Waals surface area contributed by atoms with Gasteiger partial charge in [-0.05, 0) is 38.5 Å². The SMILES string of the molecule is CC(C)(C)S(=O)(=O)Nc1ccc(CC(N)=NO)cc1. The number of benzene rings is 1. The van der Waals surface area contributed by atoms with Crippen molar-refractivity contribution in [1.82, 2.24) is 0 Å². The van der Waals surface area contributed by atoms with Gasteiger partial charge in [0.05, 0.1) is 4.75 Å². The van der Waals surface area contributed by atoms with Crippen LogP contribution >= 0.6 is 0 Å². The lowest BCUT2D eigenvalue weighted by molar-refractivity contribution is 0.317. The van der Waals surface area contributed by atoms with E-state index in [-0.39, 0.29) is 5.84 Å². The van der Waals surface area contributed by atoms with Crippen LogP contribution in [0.25, 0.3) is 0 Å². The van der Waals surface area contributed by atoms with E-state index in [9.17, 15) is 8.42 Å². The van der Waals surface area contributed by atoms with Crippen LogP contribution in [0.15, 0.2) is 29.4 Å². The normalized spacial score (nSPS) is 13.3. The molecule has 0 fully saturated rings. The zero-order valence-corrected chi connectivity index (χ0v) is 12.0. The second-order valence-corrected chi connectivity index (χ2v) is 7.62. The van der Waals surface area contributed by atoms with Gasteiger partial charge in [0.1, 0.15) is 5.84 Å². The maximum atomic E-state index is 11.9. The standard InChI is InChI=1S/C12H19N3O3S/c1-12(2,3)19(17,18)15-10-6-4-9(5-7-10)8-11(13)14-16/h4-7,15-16H,8H2,1-3H3,(H2,13,14). The molecular weight excluding hydrogens is 266 g/mol. The molecule has 1 aromatic carbocycles. The topological polar surface area (TPSA) is 105 Å². The summed E-state index contributed by atoms with van der Waals surface area (Å²) in [7, 11) is -3.43. The quantitative estimate of drug-likeness (QED) is 0.337. The van der Waals surface area contributed by atoms with Crippen LogP contribution in [0.2, 0.25) is 0 Å². The summed E-state index contributed by atoms with van der Waals surface area (Å²) < 4.78 is 25.5. The largest absolute Gasteiger partial charge is 0.409 e. The Kier molecular flexibility index (Phi) is 4.41. The summed E-state index contributed by atoms with van der Waals surface area (Å²) in [5.41, 5.74) is 6.70. The fourth-order valence-corrected chi connectivity index (χ4v) is 2.00. The van der Waals surface area contributed by atoms with Gasteiger partial charge in [0.25, 0.3) is 0 Å². The minimum atomic E-state index is -3.43. The summed E-state index contributed by atoms with van der Waals surface area (Å²) in [4.78, 5) is 0. The van der Waals surface area contributed by atoms with E-state index in [4.69, 9.17) is 10.9 Å². The van der Waals surface area contributed by atoms with Gasteiger partial charge < -0.3 is 10.9 Å². The lowest BCUT2D eigenvalue weighted by Crippen LogP contribution is -2.33. The van der Waals surface area contributed by atoms with Crippen molar-refractivity contribution in [3.05, 3.63) is 29.8 Å². The number of amidine groups is 1. The lowest BCUT2D eigenvalue weighted by Gasteiger charge is -2.20. The average molecular weight is 285 g/mol. The summed E-state index contributed by atoms with van der Waals surface area (Å²) >= 11 is 0. The molecule has 7 heteroatoms. The van der Waals surface area contributed by atoms with Crippen LogP contribution in [0.4, 0.5) is 5.69 Å². The van der Waals surface area contributed by atoms with Crippen LogP contribution in [0.1, 0.15) is 26.3 Å². The summed E-state index contributed by atoms with van der Waals surface area (Å²) in [6.07, 6.45) is 0.308. The van der Waals surface area contributed by atoms with E-state index in [0.717, 1.165) is 5.56 Å². The molecule has 0 amide bonds. The van der Waals surface area contributed by atoms with Crippen molar-refractivity contribution >= 4 is 21.5 Å². The molecule has 0 spiro atoms. The van der Waals surface area contributed by atoms with Crippen LogP contribution in [0.3, 0.4) is 0 Å². The molecule has 0 saturated carbocycles. The zero-order valence-electron chi connectivity index (χ0n) is 11.2. The monoisotopic (exact) mass is 285 g/mol. The van der Waals surface area contributed by atoms with E-state index in [2.05, 4.69) is 9.88 Å². The summed E-state index contributed by atoms with van der Waals surface area (Å²) in [5.74, 6) is 0.100. The molecule has 0 aromatic heterocycles. The number of nitrogens with two attached hydrogens (primary N) is 1. The molecular formula is C12H19N3O3S. The fourth-order valence-electron chi connectivity index (χ4n) is 1.24. The highest BCUT2D eigenvalue weighted by Crippen LogP contribution is 2.19. The Bertz CT molecular complexity index is 557. The minimum Gasteiger partial charge on any atom is -0.409 e. The van der Waals surface area contributed by atoms with E-state index in [1.807, 2.05) is 0 Å². The second kappa shape index (κ2) is 5.48. The van der Waals surface area contributed by atoms with E-state index < -0.39 is 14.8 Å². The van der Waals surface area contributed by atoms with Gasteiger partial charge in [-0.3, -0.25) is 4.72 Å². The second-order valence-electron chi connectivity index (χ2n) is 5.18. The molecule has 0 unspecified atom stereocenters. The molecule has 1 rings (SSSR count). The molecule has 0 heterocycles. The van der Waals surface area contributed by atoms with Crippen molar-refractivity contribution in [2.24, 2.45) is 10.9 Å². The highest BCUT2D eigenvalue weighted by atomic mass is 32.2. The molecule has 0 aliphatic rings. The number of rotatable bonds is 4. The molecule has 0 aliphatic carbocycles. The van der Waals surface area contributed by atoms with Crippen molar-refractivity contribution in [3.63, 3.8) is 0 Å². The lowest BCUT2D eigenvalue weighted by atomic mass is 10.1. The van der Waals surface area contributed by atoms with Crippen molar-refractivity contribution < 1.29 is 13.6 Å². The van der Waals surface area contributed by atoms with Crippen molar-refractivity contribution in [2.45, 2.75) is 31.9 Å². The van der Waals surface area contributed by atoms with Gasteiger partial charge in [0, 0.05) is 12.1 Å². The Morgan fingerprint density at radius 3 is 2.26 bits per heavy atom. The van der Waals surface area contributed by atoms with Crippen LogP contribution in [0.5, 0.6) is 0 Å².